The molecule has 3 rings (SSSR count). The Morgan fingerprint density at radius 2 is 2.09 bits per heavy atom. The fourth-order valence-electron chi connectivity index (χ4n) is 4.25. The molecule has 1 aliphatic heterocycles. The highest BCUT2D eigenvalue weighted by Gasteiger charge is 2.36. The number of esters is 1. The molecule has 8 heteroatoms. The highest BCUT2D eigenvalue weighted by atomic mass is 35.5. The van der Waals surface area contributed by atoms with Crippen LogP contribution in [0.1, 0.15) is 70.1 Å². The zero-order chi connectivity index (χ0) is 22.9. The Balaban J connectivity index is 1.75. The molecule has 5 nitrogen and oxygen atoms in total. The summed E-state index contributed by atoms with van der Waals surface area (Å²) < 4.78 is 6.49. The van der Waals surface area contributed by atoms with Gasteiger partial charge in [-0.1, -0.05) is 36.5 Å². The van der Waals surface area contributed by atoms with Crippen molar-refractivity contribution in [2.24, 2.45) is 17.0 Å². The van der Waals surface area contributed by atoms with Gasteiger partial charge in [-0.15, -0.1) is 11.3 Å². The van der Waals surface area contributed by atoms with Gasteiger partial charge in [0.05, 0.1) is 15.6 Å². The first-order valence-electron chi connectivity index (χ1n) is 11.4. The molecule has 1 saturated heterocycles. The predicted octanol–water partition coefficient (Wildman–Crippen LogP) is 6.79. The standard InChI is InChI=1S/C24H32ClNO4S2/c1-3-4-5-8-23(28)30-21-13-18(17-7-6-11-31-15-17)12-20(27)24(21)16(2)26-29-14-19-9-10-22(25)32-19/h9-10,17-18H,3-8,11-15H2,1-2H3/b26-16-. The molecule has 1 aromatic heterocycles. The van der Waals surface area contributed by atoms with Crippen LogP contribution in [0, 0.1) is 11.8 Å². The van der Waals surface area contributed by atoms with E-state index in [-0.39, 0.29) is 24.3 Å². The number of hydrogen-bond acceptors (Lipinski definition) is 7. The van der Waals surface area contributed by atoms with Gasteiger partial charge in [0.1, 0.15) is 5.76 Å². The molecule has 0 aromatic carbocycles. The second kappa shape index (κ2) is 12.8. The highest BCUT2D eigenvalue weighted by Crippen LogP contribution is 2.39. The Kier molecular flexibility index (Phi) is 10.1. The van der Waals surface area contributed by atoms with E-state index in [2.05, 4.69) is 12.1 Å². The fraction of sp³-hybridized carbons (Fsp3) is 0.625. The quantitative estimate of drug-likeness (QED) is 0.154. The molecule has 0 bridgehead atoms. The second-order valence-electron chi connectivity index (χ2n) is 8.45. The molecule has 0 saturated carbocycles. The molecule has 176 valence electrons. The molecule has 32 heavy (non-hydrogen) atoms. The van der Waals surface area contributed by atoms with Crippen LogP contribution in [-0.4, -0.2) is 29.0 Å². The van der Waals surface area contributed by atoms with Crippen molar-refractivity contribution in [2.45, 2.75) is 71.8 Å². The van der Waals surface area contributed by atoms with E-state index in [0.29, 0.717) is 46.6 Å². The van der Waals surface area contributed by atoms with Gasteiger partial charge in [0.15, 0.2) is 12.4 Å². The molecule has 2 unspecified atom stereocenters. The van der Waals surface area contributed by atoms with E-state index < -0.39 is 0 Å². The van der Waals surface area contributed by atoms with E-state index in [0.717, 1.165) is 36.3 Å². The molecule has 0 amide bonds. The van der Waals surface area contributed by atoms with Crippen LogP contribution in [-0.2, 0) is 25.8 Å². The first-order chi connectivity index (χ1) is 15.5. The van der Waals surface area contributed by atoms with Gasteiger partial charge in [0.2, 0.25) is 0 Å². The van der Waals surface area contributed by atoms with Crippen molar-refractivity contribution >= 4 is 52.2 Å². The van der Waals surface area contributed by atoms with Crippen molar-refractivity contribution in [3.63, 3.8) is 0 Å². The summed E-state index contributed by atoms with van der Waals surface area (Å²) in [7, 11) is 0. The lowest BCUT2D eigenvalue weighted by molar-refractivity contribution is -0.140. The maximum absolute atomic E-state index is 13.2. The number of ether oxygens (including phenoxy) is 1. The van der Waals surface area contributed by atoms with Crippen LogP contribution in [0.3, 0.4) is 0 Å². The van der Waals surface area contributed by atoms with Gasteiger partial charge in [0.25, 0.3) is 0 Å². The van der Waals surface area contributed by atoms with E-state index in [9.17, 15) is 9.59 Å². The van der Waals surface area contributed by atoms with E-state index in [1.54, 1.807) is 6.92 Å². The number of rotatable bonds is 10. The molecule has 2 atom stereocenters. The summed E-state index contributed by atoms with van der Waals surface area (Å²) in [6.45, 7) is 4.13. The van der Waals surface area contributed by atoms with E-state index in [4.69, 9.17) is 21.2 Å². The van der Waals surface area contributed by atoms with Crippen molar-refractivity contribution in [2.75, 3.05) is 11.5 Å². The minimum atomic E-state index is -0.264. The fourth-order valence-corrected chi connectivity index (χ4v) is 6.52. The number of Topliss-reactive ketones (excluding diaryl/α,β-unsaturated/α-hetero) is 1. The number of oxime groups is 1. The molecule has 2 aliphatic rings. The normalized spacial score (nSPS) is 22.2. The van der Waals surface area contributed by atoms with Gasteiger partial charge in [-0.2, -0.15) is 11.8 Å². The molecule has 0 N–H and O–H groups in total. The number of nitrogens with zero attached hydrogens (tertiary/aromatic N) is 1. The minimum Gasteiger partial charge on any atom is -0.430 e. The maximum atomic E-state index is 13.2. The lowest BCUT2D eigenvalue weighted by atomic mass is 9.77. The van der Waals surface area contributed by atoms with Crippen LogP contribution in [0.5, 0.6) is 0 Å². The van der Waals surface area contributed by atoms with Gasteiger partial charge in [-0.25, -0.2) is 0 Å². The van der Waals surface area contributed by atoms with Crippen molar-refractivity contribution in [3.05, 3.63) is 32.7 Å². The Morgan fingerprint density at radius 3 is 2.78 bits per heavy atom. The lowest BCUT2D eigenvalue weighted by Gasteiger charge is -2.33. The predicted molar refractivity (Wildman–Crippen MR) is 132 cm³/mol. The average Bonchev–Trinajstić information content (AvgIpc) is 3.19. The van der Waals surface area contributed by atoms with Crippen LogP contribution < -0.4 is 0 Å². The largest absolute Gasteiger partial charge is 0.430 e. The Hall–Kier alpha value is -1.31. The summed E-state index contributed by atoms with van der Waals surface area (Å²) in [6.07, 6.45) is 6.61. The first kappa shape index (κ1) is 25.3. The number of halogens is 1. The van der Waals surface area contributed by atoms with E-state index in [1.165, 1.54) is 23.5 Å². The number of allylic oxidation sites excluding steroid dienone is 2. The number of hydrogen-bond donors (Lipinski definition) is 0. The molecule has 1 aliphatic carbocycles. The number of thioether (sulfide) groups is 1. The smallest absolute Gasteiger partial charge is 0.310 e. The molecule has 0 spiro atoms. The Morgan fingerprint density at radius 1 is 1.25 bits per heavy atom. The van der Waals surface area contributed by atoms with Gasteiger partial charge in [-0.3, -0.25) is 9.59 Å². The summed E-state index contributed by atoms with van der Waals surface area (Å²) in [5, 5.41) is 4.18. The maximum Gasteiger partial charge on any atom is 0.310 e. The van der Waals surface area contributed by atoms with Crippen molar-refractivity contribution in [3.8, 4) is 0 Å². The van der Waals surface area contributed by atoms with Gasteiger partial charge < -0.3 is 9.57 Å². The second-order valence-corrected chi connectivity index (χ2v) is 11.4. The summed E-state index contributed by atoms with van der Waals surface area (Å²) in [5.41, 5.74) is 0.878. The highest BCUT2D eigenvalue weighted by molar-refractivity contribution is 7.99. The number of carbonyl (C=O) groups excluding carboxylic acids is 2. The van der Waals surface area contributed by atoms with Crippen LogP contribution in [0.4, 0.5) is 0 Å². The topological polar surface area (TPSA) is 65.0 Å². The van der Waals surface area contributed by atoms with Crippen LogP contribution >= 0.6 is 34.7 Å². The molecule has 1 fully saturated rings. The molecular weight excluding hydrogens is 466 g/mol. The van der Waals surface area contributed by atoms with Crippen molar-refractivity contribution in [1.29, 1.82) is 0 Å². The van der Waals surface area contributed by atoms with Gasteiger partial charge in [0, 0.05) is 24.1 Å². The summed E-state index contributed by atoms with van der Waals surface area (Å²) in [6, 6.07) is 3.70. The molecular formula is C24H32ClNO4S2. The third-order valence-electron chi connectivity index (χ3n) is 5.94. The third kappa shape index (κ3) is 7.35. The van der Waals surface area contributed by atoms with E-state index >= 15 is 0 Å². The number of ketones is 1. The molecule has 2 heterocycles. The first-order valence-corrected chi connectivity index (χ1v) is 13.8. The zero-order valence-corrected chi connectivity index (χ0v) is 21.3. The van der Waals surface area contributed by atoms with Gasteiger partial charge >= 0.3 is 5.97 Å². The van der Waals surface area contributed by atoms with Crippen molar-refractivity contribution < 1.29 is 19.2 Å². The monoisotopic (exact) mass is 497 g/mol. The summed E-state index contributed by atoms with van der Waals surface area (Å²) in [5.74, 6) is 3.19. The Bertz CT molecular complexity index is 858. The summed E-state index contributed by atoms with van der Waals surface area (Å²) >= 11 is 9.35. The Labute approximate surface area is 203 Å². The van der Waals surface area contributed by atoms with Crippen molar-refractivity contribution in [1.82, 2.24) is 0 Å². The third-order valence-corrected chi connectivity index (χ3v) is 8.38. The van der Waals surface area contributed by atoms with Crippen LogP contribution in [0.15, 0.2) is 28.6 Å². The molecule has 0 radical (unpaired) electrons. The summed E-state index contributed by atoms with van der Waals surface area (Å²) in [4.78, 5) is 32.1. The number of unbranched alkanes of at least 4 members (excludes halogenated alkanes) is 2. The minimum absolute atomic E-state index is 0.00259. The lowest BCUT2D eigenvalue weighted by Crippen LogP contribution is -2.31. The SMILES string of the molecule is CCCCCC(=O)OC1=C(/C(C)=N\OCc2ccc(Cl)s2)C(=O)CC(C2CCCSC2)C1. The average molecular weight is 498 g/mol. The van der Waals surface area contributed by atoms with Crippen LogP contribution in [0.2, 0.25) is 4.34 Å². The number of thiophene rings is 1. The van der Waals surface area contributed by atoms with Gasteiger partial charge in [-0.05, 0) is 61.7 Å². The number of carbonyl (C=O) groups is 2. The van der Waals surface area contributed by atoms with E-state index in [1.807, 2.05) is 23.9 Å². The molecule has 1 aromatic rings. The van der Waals surface area contributed by atoms with Crippen LogP contribution in [0.25, 0.3) is 0 Å². The zero-order valence-electron chi connectivity index (χ0n) is 18.9.